The van der Waals surface area contributed by atoms with Crippen molar-refractivity contribution in [2.24, 2.45) is 5.73 Å². The highest BCUT2D eigenvalue weighted by Gasteiger charge is 2.36. The van der Waals surface area contributed by atoms with Gasteiger partial charge in [0, 0.05) is 56.6 Å². The third-order valence-electron chi connectivity index (χ3n) is 11.8. The lowest BCUT2D eigenvalue weighted by Gasteiger charge is -2.32. The molecule has 0 fully saturated rings. The van der Waals surface area contributed by atoms with Gasteiger partial charge in [0.15, 0.2) is 0 Å². The Balaban J connectivity index is 1.58. The first-order valence-corrected chi connectivity index (χ1v) is 25.3. The van der Waals surface area contributed by atoms with E-state index in [9.17, 15) is 56.7 Å². The smallest absolute Gasteiger partial charge is 0.446 e. The molecule has 23 nitrogen and oxygen atoms in total. The monoisotopic (exact) mass is 1070 g/mol. The minimum atomic E-state index is -4.91. The number of aromatic amines is 1. The number of carbonyl (C=O) groups is 9. The molecule has 24 heteroatoms. The zero-order valence-corrected chi connectivity index (χ0v) is 42.4. The molecule has 8 amide bonds. The highest BCUT2D eigenvalue weighted by molar-refractivity contribution is 7.81. The van der Waals surface area contributed by atoms with E-state index < -0.39 is 132 Å². The molecule has 0 aliphatic heterocycles. The first-order chi connectivity index (χ1) is 37.5. The number of nitrogens with one attached hydrogen (secondary N) is 7. The van der Waals surface area contributed by atoms with Crippen molar-refractivity contribution in [3.63, 3.8) is 0 Å². The highest BCUT2D eigenvalue weighted by Crippen LogP contribution is 2.21. The first kappa shape index (κ1) is 52.0. The van der Waals surface area contributed by atoms with Crippen LogP contribution in [0.2, 0.25) is 0 Å². The second-order valence-corrected chi connectivity index (χ2v) is 18.6. The lowest BCUT2D eigenvalue weighted by atomic mass is 10.0. The van der Waals surface area contributed by atoms with Crippen molar-refractivity contribution in [3.8, 4) is 5.75 Å². The first-order valence-electron chi connectivity index (χ1n) is 26.5. The number of benzene rings is 3. The molecule has 75 heavy (non-hydrogen) atoms. The van der Waals surface area contributed by atoms with Gasteiger partial charge in [0.05, 0.1) is 6.42 Å². The molecule has 3 aromatic carbocycles. The number of amides is 8. The molecule has 0 bridgehead atoms. The number of carboxylic acid groups (broad SMARTS) is 1. The summed E-state index contributed by atoms with van der Waals surface area (Å²) in [5.41, 5.74) is 7.64. The number of carboxylic acids is 1. The van der Waals surface area contributed by atoms with Gasteiger partial charge in [-0.2, -0.15) is 8.42 Å². The fourth-order valence-corrected chi connectivity index (χ4v) is 8.31. The van der Waals surface area contributed by atoms with E-state index in [2.05, 4.69) is 41.1 Å². The maximum Gasteiger partial charge on any atom is 0.446 e. The standard InChI is InChI=1S/C51H67N9O14S/c1-5-8-19-41(50(69)57-39(28-46(64)65)48(67)56-37(47(52)66)25-31-15-11-10-12-16-31)60(4)51(70)40(27-33-30-53-36-18-14-13-17-35(33)36)55-44(62)29-45(63)58-42(20-9-6-2)59-49(68)38(54-43(61)7-3)26-32-21-23-34(24-22-32)74-75(71,72)73/h10-18,21-24,30,37-42,53H,5-9,19-20,25-29H2,1-4H3,(H2,52,66)(H,54,61)(H,55,62)(H,56,67)(H,57,69)(H,58,63)(H,59,68)(H,64,65)(H,71,72,73)/i3T3,7T2. The molecular formula is C51H67N9O14S. The molecule has 0 spiro atoms. The number of primary amides is 1. The lowest BCUT2D eigenvalue weighted by Crippen LogP contribution is -2.59. The summed E-state index contributed by atoms with van der Waals surface area (Å²) in [6, 6.07) is 12.6. The summed E-state index contributed by atoms with van der Waals surface area (Å²) in [6.45, 7) is 0.135. The average molecular weight is 1070 g/mol. The zero-order valence-electron chi connectivity index (χ0n) is 46.6. The molecule has 0 radical (unpaired) electrons. The van der Waals surface area contributed by atoms with Crippen molar-refractivity contribution < 1.29 is 72.3 Å². The van der Waals surface area contributed by atoms with Gasteiger partial charge in [-0.3, -0.25) is 47.7 Å². The van der Waals surface area contributed by atoms with Crippen LogP contribution in [-0.2, 0) is 72.8 Å². The van der Waals surface area contributed by atoms with Crippen LogP contribution < -0.4 is 41.8 Å². The number of rotatable bonds is 31. The molecule has 11 N–H and O–H groups in total. The molecule has 4 aromatic rings. The van der Waals surface area contributed by atoms with Gasteiger partial charge in [-0.1, -0.05) is 101 Å². The van der Waals surface area contributed by atoms with E-state index in [0.717, 1.165) is 17.0 Å². The third-order valence-corrected chi connectivity index (χ3v) is 12.2. The van der Waals surface area contributed by atoms with Crippen LogP contribution >= 0.6 is 0 Å². The van der Waals surface area contributed by atoms with E-state index in [4.69, 9.17) is 17.1 Å². The lowest BCUT2D eigenvalue weighted by molar-refractivity contribution is -0.144. The number of likely N-dealkylation sites (N-methyl/N-ethyl adjacent to an activating group) is 1. The summed E-state index contributed by atoms with van der Waals surface area (Å²) >= 11 is 0. The highest BCUT2D eigenvalue weighted by atomic mass is 32.3. The number of para-hydroxylation sites is 1. The number of carbonyl (C=O) groups excluding carboxylic acids is 8. The van der Waals surface area contributed by atoms with Gasteiger partial charge in [0.2, 0.25) is 47.3 Å². The number of unbranched alkanes of at least 4 members (excludes halogenated alkanes) is 2. The van der Waals surface area contributed by atoms with Crippen LogP contribution in [0.5, 0.6) is 5.75 Å². The maximum atomic E-state index is 14.7. The number of nitrogens with two attached hydrogens (primary N) is 1. The summed E-state index contributed by atoms with van der Waals surface area (Å²) in [7, 11) is -3.64. The van der Waals surface area contributed by atoms with E-state index in [1.54, 1.807) is 67.7 Å². The Labute approximate surface area is 441 Å². The Bertz CT molecular complexity index is 2950. The number of aliphatic carboxylic acids is 1. The maximum absolute atomic E-state index is 14.7. The van der Waals surface area contributed by atoms with E-state index in [1.807, 2.05) is 6.92 Å². The fourth-order valence-electron chi connectivity index (χ4n) is 7.95. The van der Waals surface area contributed by atoms with Crippen molar-refractivity contribution in [2.75, 3.05) is 7.05 Å². The molecule has 1 heterocycles. The van der Waals surface area contributed by atoms with Crippen LogP contribution in [0.1, 0.15) is 102 Å². The van der Waals surface area contributed by atoms with Crippen LogP contribution in [0.15, 0.2) is 85.1 Å². The van der Waals surface area contributed by atoms with E-state index in [-0.39, 0.29) is 37.0 Å². The van der Waals surface area contributed by atoms with Crippen molar-refractivity contribution in [2.45, 2.75) is 134 Å². The van der Waals surface area contributed by atoms with E-state index in [0.29, 0.717) is 47.7 Å². The number of H-pyrrole nitrogens is 1. The largest absolute Gasteiger partial charge is 0.481 e. The van der Waals surface area contributed by atoms with Crippen LogP contribution in [-0.4, -0.2) is 125 Å². The fraction of sp³-hybridized carbons (Fsp3) is 0.431. The van der Waals surface area contributed by atoms with E-state index in [1.165, 1.54) is 19.2 Å². The summed E-state index contributed by atoms with van der Waals surface area (Å²) in [5.74, 6) is -10.3. The molecule has 406 valence electrons. The van der Waals surface area contributed by atoms with Gasteiger partial charge in [0.1, 0.15) is 48.5 Å². The molecule has 1 aromatic heterocycles. The molecule has 0 aliphatic carbocycles. The molecular weight excluding hydrogens is 995 g/mol. The Hall–Kier alpha value is -7.86. The quantitative estimate of drug-likeness (QED) is 0.0195. The van der Waals surface area contributed by atoms with Crippen LogP contribution in [0.3, 0.4) is 0 Å². The topological polar surface area (TPSA) is 355 Å². The molecule has 0 saturated carbocycles. The predicted octanol–water partition coefficient (Wildman–Crippen LogP) is 1.84. The van der Waals surface area contributed by atoms with Crippen molar-refractivity contribution in [3.05, 3.63) is 102 Å². The summed E-state index contributed by atoms with van der Waals surface area (Å²) in [6.07, 6.45) is -3.89. The predicted molar refractivity (Wildman–Crippen MR) is 274 cm³/mol. The van der Waals surface area contributed by atoms with Crippen LogP contribution in [0.25, 0.3) is 10.9 Å². The molecule has 0 saturated heterocycles. The van der Waals surface area contributed by atoms with E-state index >= 15 is 0 Å². The molecule has 6 atom stereocenters. The molecule has 0 aliphatic rings. The van der Waals surface area contributed by atoms with Crippen molar-refractivity contribution in [1.29, 1.82) is 0 Å². The Morgan fingerprint density at radius 1 is 0.707 bits per heavy atom. The minimum Gasteiger partial charge on any atom is -0.481 e. The third kappa shape index (κ3) is 19.8. The Morgan fingerprint density at radius 3 is 1.93 bits per heavy atom. The number of fused-ring (bicyclic) bond motifs is 1. The molecule has 4 rings (SSSR count). The average Bonchev–Trinajstić information content (AvgIpc) is 3.86. The summed E-state index contributed by atoms with van der Waals surface area (Å²) in [5, 5.41) is 25.1. The second kappa shape index (κ2) is 29.1. The minimum absolute atomic E-state index is 0.000308. The number of hydrogen-bond acceptors (Lipinski definition) is 12. The van der Waals surface area contributed by atoms with Gasteiger partial charge in [-0.25, -0.2) is 0 Å². The summed E-state index contributed by atoms with van der Waals surface area (Å²) < 4.78 is 74.4. The van der Waals surface area contributed by atoms with Crippen molar-refractivity contribution >= 4 is 74.5 Å². The second-order valence-electron chi connectivity index (χ2n) is 17.6. The zero-order chi connectivity index (χ0) is 59.5. The van der Waals surface area contributed by atoms with Crippen LogP contribution in [0.4, 0.5) is 0 Å². The summed E-state index contributed by atoms with van der Waals surface area (Å²) in [4.78, 5) is 126. The van der Waals surface area contributed by atoms with Crippen molar-refractivity contribution in [1.82, 2.24) is 41.8 Å². The number of nitrogens with zero attached hydrogens (tertiary/aromatic N) is 1. The normalized spacial score (nSPS) is 15.0. The Kier molecular flexibility index (Phi) is 20.2. The number of aromatic nitrogens is 1. The molecule has 6 unspecified atom stereocenters. The number of hydrogen-bond donors (Lipinski definition) is 10. The van der Waals surface area contributed by atoms with Gasteiger partial charge in [-0.05, 0) is 54.2 Å². The van der Waals surface area contributed by atoms with Gasteiger partial charge in [0.25, 0.3) is 0 Å². The Morgan fingerprint density at radius 2 is 1.29 bits per heavy atom. The van der Waals surface area contributed by atoms with Gasteiger partial charge < -0.3 is 56.8 Å². The van der Waals surface area contributed by atoms with Gasteiger partial charge in [-0.15, -0.1) is 0 Å². The SMILES string of the molecule is [3H]C([3H])([3H])C([3H])([3H])C(=O)NC(Cc1ccc(OS(=O)(=O)O)cc1)C(=O)NC(CCCC)NC(=O)CC(=O)NC(Cc1c[nH]c2ccccc12)C(=O)N(C)C(CCCC)C(=O)NC(CC(=O)O)C(=O)NC(Cc1ccccc1)C(N)=O. The van der Waals surface area contributed by atoms with Gasteiger partial charge >= 0.3 is 16.4 Å². The van der Waals surface area contributed by atoms with Crippen LogP contribution in [0, 0.1) is 0 Å².